The molecule has 0 aromatic heterocycles. The molecule has 0 atom stereocenters. The number of nitrogens with zero attached hydrogens (tertiary/aromatic N) is 1. The van der Waals surface area contributed by atoms with E-state index < -0.39 is 5.82 Å². The number of hydrogen-bond donors (Lipinski definition) is 0. The Bertz CT molecular complexity index is 607. The lowest BCUT2D eigenvalue weighted by Gasteiger charge is -2.08. The van der Waals surface area contributed by atoms with Crippen LogP contribution in [0.4, 0.5) is 4.39 Å². The molecule has 0 N–H and O–H groups in total. The normalized spacial score (nSPS) is 9.83. The number of para-hydroxylation sites is 1. The standard InChI is InChI=1S/C14H9ClFNO/c15-12-6-5-10(7-13(12)16)9-18-14-4-2-1-3-11(14)8-17/h1-7H,9H2. The van der Waals surface area contributed by atoms with Gasteiger partial charge in [0.15, 0.2) is 0 Å². The predicted octanol–water partition coefficient (Wildman–Crippen LogP) is 3.93. The van der Waals surface area contributed by atoms with Crippen molar-refractivity contribution in [3.05, 3.63) is 64.4 Å². The molecule has 0 aliphatic heterocycles. The summed E-state index contributed by atoms with van der Waals surface area (Å²) in [5.74, 6) is 0.00157. The molecule has 0 aliphatic carbocycles. The molecule has 2 aromatic carbocycles. The highest BCUT2D eigenvalue weighted by Crippen LogP contribution is 2.20. The summed E-state index contributed by atoms with van der Waals surface area (Å²) in [4.78, 5) is 0. The number of nitriles is 1. The number of ether oxygens (including phenoxy) is 1. The van der Waals surface area contributed by atoms with Crippen molar-refractivity contribution in [1.82, 2.24) is 0 Å². The molecule has 2 nitrogen and oxygen atoms in total. The van der Waals surface area contributed by atoms with Crippen LogP contribution in [0.25, 0.3) is 0 Å². The van der Waals surface area contributed by atoms with Crippen molar-refractivity contribution >= 4 is 11.6 Å². The first-order valence-electron chi connectivity index (χ1n) is 5.26. The lowest BCUT2D eigenvalue weighted by Crippen LogP contribution is -1.97. The lowest BCUT2D eigenvalue weighted by molar-refractivity contribution is 0.304. The van der Waals surface area contributed by atoms with Gasteiger partial charge < -0.3 is 4.74 Å². The maximum absolute atomic E-state index is 13.2. The van der Waals surface area contributed by atoms with Gasteiger partial charge in [-0.05, 0) is 29.8 Å². The smallest absolute Gasteiger partial charge is 0.142 e. The molecule has 0 radical (unpaired) electrons. The molecule has 0 unspecified atom stereocenters. The summed E-state index contributed by atoms with van der Waals surface area (Å²) in [5, 5.41) is 8.97. The Hall–Kier alpha value is -2.05. The fraction of sp³-hybridized carbons (Fsp3) is 0.0714. The van der Waals surface area contributed by atoms with E-state index in [1.54, 1.807) is 30.3 Å². The molecule has 0 fully saturated rings. The van der Waals surface area contributed by atoms with Crippen molar-refractivity contribution in [3.8, 4) is 11.8 Å². The fourth-order valence-electron chi connectivity index (χ4n) is 1.48. The molecule has 2 rings (SSSR count). The Morgan fingerprint density at radius 2 is 2.00 bits per heavy atom. The van der Waals surface area contributed by atoms with Gasteiger partial charge in [-0.1, -0.05) is 29.8 Å². The number of halogens is 2. The maximum Gasteiger partial charge on any atom is 0.142 e. The van der Waals surface area contributed by atoms with E-state index in [0.717, 1.165) is 0 Å². The molecular weight excluding hydrogens is 253 g/mol. The van der Waals surface area contributed by atoms with E-state index in [-0.39, 0.29) is 11.6 Å². The average molecular weight is 262 g/mol. The minimum Gasteiger partial charge on any atom is -0.488 e. The van der Waals surface area contributed by atoms with Crippen LogP contribution in [0.15, 0.2) is 42.5 Å². The van der Waals surface area contributed by atoms with Crippen LogP contribution in [0.1, 0.15) is 11.1 Å². The molecule has 90 valence electrons. The fourth-order valence-corrected chi connectivity index (χ4v) is 1.59. The summed E-state index contributed by atoms with van der Waals surface area (Å²) in [5.41, 5.74) is 1.11. The highest BCUT2D eigenvalue weighted by Gasteiger charge is 2.04. The number of rotatable bonds is 3. The van der Waals surface area contributed by atoms with E-state index >= 15 is 0 Å². The van der Waals surface area contributed by atoms with Gasteiger partial charge in [-0.3, -0.25) is 0 Å². The van der Waals surface area contributed by atoms with Crippen molar-refractivity contribution < 1.29 is 9.13 Å². The van der Waals surface area contributed by atoms with Gasteiger partial charge in [0.2, 0.25) is 0 Å². The summed E-state index contributed by atoms with van der Waals surface area (Å²) in [6.07, 6.45) is 0. The van der Waals surface area contributed by atoms with Crippen LogP contribution in [0, 0.1) is 17.1 Å². The van der Waals surface area contributed by atoms with Crippen molar-refractivity contribution in [2.24, 2.45) is 0 Å². The predicted molar refractivity (Wildman–Crippen MR) is 66.9 cm³/mol. The van der Waals surface area contributed by atoms with Gasteiger partial charge in [-0.25, -0.2) is 4.39 Å². The van der Waals surface area contributed by atoms with Crippen LogP contribution in [0.3, 0.4) is 0 Å². The molecule has 0 spiro atoms. The van der Waals surface area contributed by atoms with E-state index in [0.29, 0.717) is 16.9 Å². The first-order valence-corrected chi connectivity index (χ1v) is 5.64. The minimum absolute atomic E-state index is 0.0798. The monoisotopic (exact) mass is 261 g/mol. The van der Waals surface area contributed by atoms with Gasteiger partial charge >= 0.3 is 0 Å². The summed E-state index contributed by atoms with van der Waals surface area (Å²) in [6.45, 7) is 0.187. The van der Waals surface area contributed by atoms with Crippen molar-refractivity contribution in [3.63, 3.8) is 0 Å². The third-order valence-corrected chi connectivity index (χ3v) is 2.69. The van der Waals surface area contributed by atoms with Crippen molar-refractivity contribution in [1.29, 1.82) is 5.26 Å². The second-order valence-corrected chi connectivity index (χ2v) is 4.05. The highest BCUT2D eigenvalue weighted by atomic mass is 35.5. The molecular formula is C14H9ClFNO. The van der Waals surface area contributed by atoms with Gasteiger partial charge in [-0.15, -0.1) is 0 Å². The zero-order valence-electron chi connectivity index (χ0n) is 9.36. The van der Waals surface area contributed by atoms with E-state index in [1.165, 1.54) is 12.1 Å². The summed E-state index contributed by atoms with van der Waals surface area (Å²) in [7, 11) is 0. The highest BCUT2D eigenvalue weighted by molar-refractivity contribution is 6.30. The van der Waals surface area contributed by atoms with E-state index in [4.69, 9.17) is 21.6 Å². The SMILES string of the molecule is N#Cc1ccccc1OCc1ccc(Cl)c(F)c1. The summed E-state index contributed by atoms with van der Waals surface area (Å²) < 4.78 is 18.7. The van der Waals surface area contributed by atoms with E-state index in [2.05, 4.69) is 0 Å². The van der Waals surface area contributed by atoms with Crippen molar-refractivity contribution in [2.75, 3.05) is 0 Å². The molecule has 0 bridgehead atoms. The third kappa shape index (κ3) is 2.79. The molecule has 18 heavy (non-hydrogen) atoms. The lowest BCUT2D eigenvalue weighted by atomic mass is 10.2. The van der Waals surface area contributed by atoms with Crippen LogP contribution in [-0.4, -0.2) is 0 Å². The minimum atomic E-state index is -0.480. The largest absolute Gasteiger partial charge is 0.488 e. The third-order valence-electron chi connectivity index (χ3n) is 2.39. The van der Waals surface area contributed by atoms with Gasteiger partial charge in [0, 0.05) is 0 Å². The Kier molecular flexibility index (Phi) is 3.81. The second-order valence-electron chi connectivity index (χ2n) is 3.65. The Morgan fingerprint density at radius 3 is 2.72 bits per heavy atom. The van der Waals surface area contributed by atoms with Gasteiger partial charge in [-0.2, -0.15) is 5.26 Å². The Labute approximate surface area is 109 Å². The summed E-state index contributed by atoms with van der Waals surface area (Å²) >= 11 is 5.59. The maximum atomic E-state index is 13.2. The molecule has 0 aliphatic rings. The van der Waals surface area contributed by atoms with Crippen LogP contribution in [0.2, 0.25) is 5.02 Å². The molecule has 4 heteroatoms. The number of benzene rings is 2. The molecule has 2 aromatic rings. The second kappa shape index (κ2) is 5.52. The van der Waals surface area contributed by atoms with Gasteiger partial charge in [0.1, 0.15) is 24.2 Å². The quantitative estimate of drug-likeness (QED) is 0.839. The zero-order chi connectivity index (χ0) is 13.0. The van der Waals surface area contributed by atoms with Crippen molar-refractivity contribution in [2.45, 2.75) is 6.61 Å². The Balaban J connectivity index is 2.12. The summed E-state index contributed by atoms with van der Waals surface area (Å²) in [6, 6.07) is 13.4. The molecule has 0 saturated carbocycles. The molecule has 0 heterocycles. The van der Waals surface area contributed by atoms with Crippen LogP contribution in [-0.2, 0) is 6.61 Å². The van der Waals surface area contributed by atoms with E-state index in [9.17, 15) is 4.39 Å². The molecule has 0 saturated heterocycles. The van der Waals surface area contributed by atoms with Crippen LogP contribution in [0.5, 0.6) is 5.75 Å². The molecule has 0 amide bonds. The average Bonchev–Trinajstić information content (AvgIpc) is 2.40. The van der Waals surface area contributed by atoms with Gasteiger partial charge in [0.25, 0.3) is 0 Å². The van der Waals surface area contributed by atoms with E-state index in [1.807, 2.05) is 6.07 Å². The van der Waals surface area contributed by atoms with Crippen LogP contribution >= 0.6 is 11.6 Å². The zero-order valence-corrected chi connectivity index (χ0v) is 10.1. The topological polar surface area (TPSA) is 33.0 Å². The van der Waals surface area contributed by atoms with Crippen LogP contribution < -0.4 is 4.74 Å². The number of hydrogen-bond acceptors (Lipinski definition) is 2. The Morgan fingerprint density at radius 1 is 1.22 bits per heavy atom. The van der Waals surface area contributed by atoms with Gasteiger partial charge in [0.05, 0.1) is 10.6 Å². The first-order chi connectivity index (χ1) is 8.70. The first kappa shape index (κ1) is 12.4.